The first-order valence-corrected chi connectivity index (χ1v) is 9.10. The second-order valence-electron chi connectivity index (χ2n) is 6.48. The van der Waals surface area contributed by atoms with Gasteiger partial charge in [-0.25, -0.2) is 4.79 Å². The fourth-order valence-corrected chi connectivity index (χ4v) is 2.65. The summed E-state index contributed by atoms with van der Waals surface area (Å²) in [4.78, 5) is 36.9. The third-order valence-corrected chi connectivity index (χ3v) is 4.32. The molecule has 0 radical (unpaired) electrons. The van der Waals surface area contributed by atoms with Crippen LogP contribution in [0.3, 0.4) is 0 Å². The van der Waals surface area contributed by atoms with Gasteiger partial charge in [-0.05, 0) is 43.2 Å². The van der Waals surface area contributed by atoms with Gasteiger partial charge in [0.2, 0.25) is 0 Å². The van der Waals surface area contributed by atoms with Gasteiger partial charge in [0.25, 0.3) is 11.8 Å². The predicted octanol–water partition coefficient (Wildman–Crippen LogP) is 2.39. The summed E-state index contributed by atoms with van der Waals surface area (Å²) in [6.07, 6.45) is 1.92. The summed E-state index contributed by atoms with van der Waals surface area (Å²) in [5.74, 6) is -0.778. The first kappa shape index (κ1) is 20.2. The Kier molecular flexibility index (Phi) is 6.33. The summed E-state index contributed by atoms with van der Waals surface area (Å²) in [6.45, 7) is -0.516. The van der Waals surface area contributed by atoms with E-state index < -0.39 is 18.5 Å². The van der Waals surface area contributed by atoms with Crippen molar-refractivity contribution in [3.05, 3.63) is 53.6 Å². The molecule has 0 unspecified atom stereocenters. The van der Waals surface area contributed by atoms with Crippen LogP contribution in [-0.2, 0) is 9.53 Å². The molecule has 3 rings (SSSR count). The number of esters is 1. The van der Waals surface area contributed by atoms with Crippen molar-refractivity contribution in [1.29, 1.82) is 0 Å². The lowest BCUT2D eigenvalue weighted by molar-refractivity contribution is -0.119. The van der Waals surface area contributed by atoms with E-state index in [1.807, 2.05) is 0 Å². The number of ether oxygens (including phenoxy) is 3. The zero-order chi connectivity index (χ0) is 20.8. The smallest absolute Gasteiger partial charge is 0.342 e. The molecule has 0 spiro atoms. The molecule has 2 aromatic carbocycles. The van der Waals surface area contributed by atoms with Crippen LogP contribution in [0.15, 0.2) is 42.5 Å². The topological polar surface area (TPSA) is 103 Å². The first-order valence-electron chi connectivity index (χ1n) is 9.10. The van der Waals surface area contributed by atoms with Crippen molar-refractivity contribution in [3.8, 4) is 11.5 Å². The van der Waals surface area contributed by atoms with Gasteiger partial charge in [0.05, 0.1) is 25.5 Å². The third kappa shape index (κ3) is 5.25. The summed E-state index contributed by atoms with van der Waals surface area (Å²) in [5, 5.41) is 5.49. The highest BCUT2D eigenvalue weighted by Crippen LogP contribution is 2.25. The number of anilines is 1. The Labute approximate surface area is 168 Å². The summed E-state index contributed by atoms with van der Waals surface area (Å²) >= 11 is 0. The van der Waals surface area contributed by atoms with Gasteiger partial charge in [-0.15, -0.1) is 0 Å². The lowest BCUT2D eigenvalue weighted by Gasteiger charge is -2.12. The van der Waals surface area contributed by atoms with E-state index in [1.165, 1.54) is 20.3 Å². The highest BCUT2D eigenvalue weighted by atomic mass is 16.5. The van der Waals surface area contributed by atoms with Gasteiger partial charge in [-0.2, -0.15) is 0 Å². The van der Waals surface area contributed by atoms with Crippen LogP contribution in [0.5, 0.6) is 11.5 Å². The van der Waals surface area contributed by atoms with Gasteiger partial charge in [-0.3, -0.25) is 9.59 Å². The lowest BCUT2D eigenvalue weighted by atomic mass is 10.1. The van der Waals surface area contributed by atoms with E-state index in [9.17, 15) is 14.4 Å². The predicted molar refractivity (Wildman–Crippen MR) is 105 cm³/mol. The Bertz CT molecular complexity index is 923. The molecule has 1 aliphatic rings. The van der Waals surface area contributed by atoms with Crippen molar-refractivity contribution in [2.24, 2.45) is 0 Å². The molecule has 8 heteroatoms. The number of rotatable bonds is 8. The number of methoxy groups -OCH3 is 2. The van der Waals surface area contributed by atoms with Gasteiger partial charge in [0, 0.05) is 6.04 Å². The van der Waals surface area contributed by atoms with E-state index in [-0.39, 0.29) is 17.5 Å². The molecular weight excluding hydrogens is 376 g/mol. The van der Waals surface area contributed by atoms with Gasteiger partial charge in [-0.1, -0.05) is 12.1 Å². The molecule has 2 amide bonds. The summed E-state index contributed by atoms with van der Waals surface area (Å²) in [5.41, 5.74) is 0.850. The first-order chi connectivity index (χ1) is 14.0. The fraction of sp³-hybridized carbons (Fsp3) is 0.286. The van der Waals surface area contributed by atoms with Crippen LogP contribution in [0.4, 0.5) is 5.69 Å². The van der Waals surface area contributed by atoms with Crippen molar-refractivity contribution < 1.29 is 28.6 Å². The van der Waals surface area contributed by atoms with Crippen molar-refractivity contribution in [2.45, 2.75) is 18.9 Å². The molecule has 0 bridgehead atoms. The molecule has 1 aliphatic carbocycles. The van der Waals surface area contributed by atoms with Crippen LogP contribution in [-0.4, -0.2) is 44.7 Å². The second-order valence-corrected chi connectivity index (χ2v) is 6.48. The van der Waals surface area contributed by atoms with Crippen LogP contribution in [0, 0.1) is 0 Å². The number of para-hydroxylation sites is 1. The standard InChI is InChI=1S/C21H22N2O6/c1-27-14-9-10-18(28-2)16(11-14)21(26)29-12-19(24)23-17-6-4-3-5-15(17)20(25)22-13-7-8-13/h3-6,9-11,13H,7-8,12H2,1-2H3,(H,22,25)(H,23,24). The molecule has 152 valence electrons. The summed E-state index contributed by atoms with van der Waals surface area (Å²) in [7, 11) is 2.90. The zero-order valence-electron chi connectivity index (χ0n) is 16.2. The molecule has 8 nitrogen and oxygen atoms in total. The monoisotopic (exact) mass is 398 g/mol. The lowest BCUT2D eigenvalue weighted by Crippen LogP contribution is -2.28. The largest absolute Gasteiger partial charge is 0.497 e. The minimum absolute atomic E-state index is 0.142. The maximum absolute atomic E-state index is 12.4. The summed E-state index contributed by atoms with van der Waals surface area (Å²) < 4.78 is 15.3. The van der Waals surface area contributed by atoms with Crippen LogP contribution in [0.2, 0.25) is 0 Å². The van der Waals surface area contributed by atoms with Crippen LogP contribution >= 0.6 is 0 Å². The molecule has 1 saturated carbocycles. The molecule has 0 aromatic heterocycles. The normalized spacial score (nSPS) is 12.6. The molecule has 0 heterocycles. The second kappa shape index (κ2) is 9.09. The van der Waals surface area contributed by atoms with Crippen molar-refractivity contribution >= 4 is 23.5 Å². The van der Waals surface area contributed by atoms with Gasteiger partial charge >= 0.3 is 5.97 Å². The maximum atomic E-state index is 12.4. The number of hydrogen-bond donors (Lipinski definition) is 2. The fourth-order valence-electron chi connectivity index (χ4n) is 2.65. The van der Waals surface area contributed by atoms with Crippen molar-refractivity contribution in [1.82, 2.24) is 5.32 Å². The number of benzene rings is 2. The minimum atomic E-state index is -0.726. The van der Waals surface area contributed by atoms with Crippen molar-refractivity contribution in [2.75, 3.05) is 26.1 Å². The average molecular weight is 398 g/mol. The van der Waals surface area contributed by atoms with Gasteiger partial charge in [0.1, 0.15) is 17.1 Å². The number of carbonyl (C=O) groups is 3. The Morgan fingerprint density at radius 3 is 2.45 bits per heavy atom. The molecular formula is C21H22N2O6. The van der Waals surface area contributed by atoms with E-state index >= 15 is 0 Å². The van der Waals surface area contributed by atoms with E-state index in [0.717, 1.165) is 12.8 Å². The molecule has 2 N–H and O–H groups in total. The van der Waals surface area contributed by atoms with E-state index in [1.54, 1.807) is 36.4 Å². The zero-order valence-corrected chi connectivity index (χ0v) is 16.2. The summed E-state index contributed by atoms with van der Waals surface area (Å²) in [6, 6.07) is 11.5. The molecule has 0 aliphatic heterocycles. The molecule has 2 aromatic rings. The third-order valence-electron chi connectivity index (χ3n) is 4.32. The molecule has 0 atom stereocenters. The van der Waals surface area contributed by atoms with Gasteiger partial charge in [0.15, 0.2) is 6.61 Å². The average Bonchev–Trinajstić information content (AvgIpc) is 3.55. The number of hydrogen-bond acceptors (Lipinski definition) is 6. The maximum Gasteiger partial charge on any atom is 0.342 e. The van der Waals surface area contributed by atoms with E-state index in [2.05, 4.69) is 10.6 Å². The Morgan fingerprint density at radius 2 is 1.76 bits per heavy atom. The van der Waals surface area contributed by atoms with Gasteiger partial charge < -0.3 is 24.8 Å². The molecule has 1 fully saturated rings. The van der Waals surface area contributed by atoms with E-state index in [0.29, 0.717) is 22.7 Å². The highest BCUT2D eigenvalue weighted by Gasteiger charge is 2.25. The number of amides is 2. The SMILES string of the molecule is COc1ccc(OC)c(C(=O)OCC(=O)Nc2ccccc2C(=O)NC2CC2)c1. The van der Waals surface area contributed by atoms with E-state index in [4.69, 9.17) is 14.2 Å². The van der Waals surface area contributed by atoms with Crippen LogP contribution in [0.25, 0.3) is 0 Å². The van der Waals surface area contributed by atoms with Crippen LogP contribution in [0.1, 0.15) is 33.6 Å². The number of carbonyl (C=O) groups excluding carboxylic acids is 3. The van der Waals surface area contributed by atoms with Crippen molar-refractivity contribution in [3.63, 3.8) is 0 Å². The molecule has 0 saturated heterocycles. The minimum Gasteiger partial charge on any atom is -0.497 e. The Hall–Kier alpha value is -3.55. The Balaban J connectivity index is 1.62. The number of nitrogens with one attached hydrogen (secondary N) is 2. The van der Waals surface area contributed by atoms with Crippen LogP contribution < -0.4 is 20.1 Å². The highest BCUT2D eigenvalue weighted by molar-refractivity contribution is 6.04. The Morgan fingerprint density at radius 1 is 1.00 bits per heavy atom. The quantitative estimate of drug-likeness (QED) is 0.662. The molecule has 29 heavy (non-hydrogen) atoms.